The van der Waals surface area contributed by atoms with Gasteiger partial charge in [-0.15, -0.1) is 0 Å². The Bertz CT molecular complexity index is 521. The van der Waals surface area contributed by atoms with Crippen molar-refractivity contribution in [1.82, 2.24) is 4.90 Å². The summed E-state index contributed by atoms with van der Waals surface area (Å²) in [6, 6.07) is 5.77. The van der Waals surface area contributed by atoms with Crippen LogP contribution in [0.2, 0.25) is 10.0 Å². The number of benzene rings is 1. The van der Waals surface area contributed by atoms with Crippen molar-refractivity contribution in [3.8, 4) is 0 Å². The molecule has 1 aliphatic heterocycles. The Labute approximate surface area is 142 Å². The van der Waals surface area contributed by atoms with Crippen LogP contribution < -0.4 is 0 Å². The SMILES string of the molecule is CC1CC(C(=O)O)CN(CCCCc2ccc(Cl)c(Cl)c2)C1. The van der Waals surface area contributed by atoms with Gasteiger partial charge in [-0.3, -0.25) is 4.79 Å². The summed E-state index contributed by atoms with van der Waals surface area (Å²) < 4.78 is 0. The molecule has 1 fully saturated rings. The molecule has 122 valence electrons. The fourth-order valence-electron chi connectivity index (χ4n) is 3.18. The van der Waals surface area contributed by atoms with E-state index in [-0.39, 0.29) is 5.92 Å². The molecule has 1 aromatic rings. The van der Waals surface area contributed by atoms with E-state index in [2.05, 4.69) is 11.8 Å². The summed E-state index contributed by atoms with van der Waals surface area (Å²) in [5.41, 5.74) is 1.20. The molecule has 3 nitrogen and oxygen atoms in total. The second kappa shape index (κ2) is 8.19. The number of aryl methyl sites for hydroxylation is 1. The number of piperidine rings is 1. The first kappa shape index (κ1) is 17.6. The second-order valence-electron chi connectivity index (χ2n) is 6.34. The molecule has 1 heterocycles. The average molecular weight is 344 g/mol. The van der Waals surface area contributed by atoms with E-state index in [0.29, 0.717) is 22.5 Å². The van der Waals surface area contributed by atoms with Crippen LogP contribution in [0.1, 0.15) is 31.7 Å². The van der Waals surface area contributed by atoms with Gasteiger partial charge in [0.05, 0.1) is 16.0 Å². The summed E-state index contributed by atoms with van der Waals surface area (Å²) in [7, 11) is 0. The third kappa shape index (κ3) is 5.15. The maximum atomic E-state index is 11.2. The van der Waals surface area contributed by atoms with Gasteiger partial charge in [-0.1, -0.05) is 36.2 Å². The largest absolute Gasteiger partial charge is 0.481 e. The van der Waals surface area contributed by atoms with Crippen LogP contribution in [-0.4, -0.2) is 35.6 Å². The van der Waals surface area contributed by atoms with E-state index >= 15 is 0 Å². The molecule has 0 bridgehead atoms. The molecule has 22 heavy (non-hydrogen) atoms. The number of carboxylic acids is 1. The van der Waals surface area contributed by atoms with Gasteiger partial charge in [-0.25, -0.2) is 0 Å². The van der Waals surface area contributed by atoms with E-state index in [0.717, 1.165) is 38.8 Å². The van der Waals surface area contributed by atoms with E-state index in [9.17, 15) is 9.90 Å². The molecule has 0 radical (unpaired) electrons. The first-order valence-electron chi connectivity index (χ1n) is 7.84. The predicted octanol–water partition coefficient (Wildman–Crippen LogP) is 4.36. The Morgan fingerprint density at radius 3 is 2.73 bits per heavy atom. The highest BCUT2D eigenvalue weighted by Crippen LogP contribution is 2.24. The van der Waals surface area contributed by atoms with Gasteiger partial charge >= 0.3 is 5.97 Å². The Balaban J connectivity index is 1.73. The van der Waals surface area contributed by atoms with Gasteiger partial charge < -0.3 is 10.0 Å². The van der Waals surface area contributed by atoms with Gasteiger partial charge in [0.15, 0.2) is 0 Å². The molecule has 2 atom stereocenters. The highest BCUT2D eigenvalue weighted by atomic mass is 35.5. The number of carboxylic acid groups (broad SMARTS) is 1. The van der Waals surface area contributed by atoms with Gasteiger partial charge in [0.1, 0.15) is 0 Å². The van der Waals surface area contributed by atoms with Crippen molar-refractivity contribution in [3.05, 3.63) is 33.8 Å². The minimum absolute atomic E-state index is 0.209. The number of hydrogen-bond donors (Lipinski definition) is 1. The lowest BCUT2D eigenvalue weighted by atomic mass is 9.90. The van der Waals surface area contributed by atoms with Gasteiger partial charge in [-0.2, -0.15) is 0 Å². The Morgan fingerprint density at radius 2 is 2.05 bits per heavy atom. The van der Waals surface area contributed by atoms with Gasteiger partial charge in [-0.05, 0) is 55.8 Å². The molecule has 1 N–H and O–H groups in total. The van der Waals surface area contributed by atoms with E-state index < -0.39 is 5.97 Å². The quantitative estimate of drug-likeness (QED) is 0.780. The third-order valence-corrected chi connectivity index (χ3v) is 5.00. The summed E-state index contributed by atoms with van der Waals surface area (Å²) in [6.07, 6.45) is 3.91. The zero-order valence-electron chi connectivity index (χ0n) is 12.9. The first-order valence-corrected chi connectivity index (χ1v) is 8.60. The number of unbranched alkanes of at least 4 members (excludes halogenated alkanes) is 1. The number of nitrogens with zero attached hydrogens (tertiary/aromatic N) is 1. The lowest BCUT2D eigenvalue weighted by Crippen LogP contribution is -2.42. The Kier molecular flexibility index (Phi) is 6.54. The number of carbonyl (C=O) groups is 1. The van der Waals surface area contributed by atoms with Gasteiger partial charge in [0.2, 0.25) is 0 Å². The van der Waals surface area contributed by atoms with Crippen molar-refractivity contribution >= 4 is 29.2 Å². The predicted molar refractivity (Wildman–Crippen MR) is 90.7 cm³/mol. The highest BCUT2D eigenvalue weighted by Gasteiger charge is 2.28. The molecule has 0 amide bonds. The molecular formula is C17H23Cl2NO2. The van der Waals surface area contributed by atoms with Crippen LogP contribution >= 0.6 is 23.2 Å². The molecule has 0 aromatic heterocycles. The number of likely N-dealkylation sites (tertiary alicyclic amines) is 1. The molecule has 0 spiro atoms. The van der Waals surface area contributed by atoms with E-state index in [1.54, 1.807) is 0 Å². The van der Waals surface area contributed by atoms with Crippen molar-refractivity contribution in [1.29, 1.82) is 0 Å². The number of halogens is 2. The van der Waals surface area contributed by atoms with Crippen LogP contribution in [0.15, 0.2) is 18.2 Å². The Hall–Kier alpha value is -0.770. The summed E-state index contributed by atoms with van der Waals surface area (Å²) in [5.74, 6) is -0.406. The van der Waals surface area contributed by atoms with Crippen LogP contribution in [0.5, 0.6) is 0 Å². The van der Waals surface area contributed by atoms with Crippen LogP contribution in [0, 0.1) is 11.8 Å². The van der Waals surface area contributed by atoms with Crippen molar-refractivity contribution in [2.45, 2.75) is 32.6 Å². The number of aliphatic carboxylic acids is 1. The molecule has 1 aromatic carbocycles. The summed E-state index contributed by atoms with van der Waals surface area (Å²) >= 11 is 11.9. The lowest BCUT2D eigenvalue weighted by Gasteiger charge is -2.34. The maximum absolute atomic E-state index is 11.2. The molecule has 2 unspecified atom stereocenters. The molecule has 1 saturated heterocycles. The monoisotopic (exact) mass is 343 g/mol. The molecule has 0 aliphatic carbocycles. The minimum Gasteiger partial charge on any atom is -0.481 e. The summed E-state index contributed by atoms with van der Waals surface area (Å²) in [4.78, 5) is 13.5. The molecule has 1 aliphatic rings. The lowest BCUT2D eigenvalue weighted by molar-refractivity contribution is -0.144. The van der Waals surface area contributed by atoms with E-state index in [1.165, 1.54) is 5.56 Å². The van der Waals surface area contributed by atoms with Crippen molar-refractivity contribution in [2.75, 3.05) is 19.6 Å². The normalized spacial score (nSPS) is 22.7. The van der Waals surface area contributed by atoms with Gasteiger partial charge in [0, 0.05) is 13.1 Å². The summed E-state index contributed by atoms with van der Waals surface area (Å²) in [6.45, 7) is 4.80. The molecule has 2 rings (SSSR count). The van der Waals surface area contributed by atoms with Crippen LogP contribution in [0.25, 0.3) is 0 Å². The van der Waals surface area contributed by atoms with Gasteiger partial charge in [0.25, 0.3) is 0 Å². The van der Waals surface area contributed by atoms with Crippen molar-refractivity contribution < 1.29 is 9.90 Å². The zero-order valence-corrected chi connectivity index (χ0v) is 14.4. The van der Waals surface area contributed by atoms with Crippen LogP contribution in [-0.2, 0) is 11.2 Å². The minimum atomic E-state index is -0.660. The maximum Gasteiger partial charge on any atom is 0.307 e. The van der Waals surface area contributed by atoms with Crippen molar-refractivity contribution in [2.24, 2.45) is 11.8 Å². The second-order valence-corrected chi connectivity index (χ2v) is 7.16. The molecule has 0 saturated carbocycles. The number of hydrogen-bond acceptors (Lipinski definition) is 2. The van der Waals surface area contributed by atoms with Crippen LogP contribution in [0.4, 0.5) is 0 Å². The molecular weight excluding hydrogens is 321 g/mol. The molecule has 5 heteroatoms. The zero-order chi connectivity index (χ0) is 16.1. The topological polar surface area (TPSA) is 40.5 Å². The number of rotatable bonds is 6. The fourth-order valence-corrected chi connectivity index (χ4v) is 3.50. The third-order valence-electron chi connectivity index (χ3n) is 4.26. The van der Waals surface area contributed by atoms with Crippen LogP contribution in [0.3, 0.4) is 0 Å². The summed E-state index contributed by atoms with van der Waals surface area (Å²) in [5, 5.41) is 10.4. The van der Waals surface area contributed by atoms with E-state index in [1.807, 2.05) is 18.2 Å². The van der Waals surface area contributed by atoms with Crippen molar-refractivity contribution in [3.63, 3.8) is 0 Å². The average Bonchev–Trinajstić information content (AvgIpc) is 2.46. The first-order chi connectivity index (χ1) is 10.5. The highest BCUT2D eigenvalue weighted by molar-refractivity contribution is 6.42. The fraction of sp³-hybridized carbons (Fsp3) is 0.588. The Morgan fingerprint density at radius 1 is 1.27 bits per heavy atom. The smallest absolute Gasteiger partial charge is 0.307 e. The standard InChI is InChI=1S/C17H23Cl2NO2/c1-12-8-14(17(21)22)11-20(10-12)7-3-2-4-13-5-6-15(18)16(19)9-13/h5-6,9,12,14H,2-4,7-8,10-11H2,1H3,(H,21,22). The van der Waals surface area contributed by atoms with E-state index in [4.69, 9.17) is 23.2 Å².